The minimum absolute atomic E-state index is 0.197. The van der Waals surface area contributed by atoms with E-state index in [-0.39, 0.29) is 12.7 Å². The molecule has 0 unspecified atom stereocenters. The van der Waals surface area contributed by atoms with E-state index < -0.39 is 0 Å². The average molecular weight is 361 g/mol. The van der Waals surface area contributed by atoms with Crippen LogP contribution in [0.4, 0.5) is 0 Å². The number of hydrogen-bond acceptors (Lipinski definition) is 3. The molecule has 0 aromatic heterocycles. The molecule has 1 aliphatic heterocycles. The van der Waals surface area contributed by atoms with Crippen molar-refractivity contribution in [3.63, 3.8) is 0 Å². The first kappa shape index (κ1) is 19.8. The van der Waals surface area contributed by atoms with Gasteiger partial charge in [0.2, 0.25) is 6.79 Å². The van der Waals surface area contributed by atoms with E-state index in [9.17, 15) is 4.79 Å². The maximum absolute atomic E-state index is 12.9. The van der Waals surface area contributed by atoms with Crippen molar-refractivity contribution in [1.82, 2.24) is 4.90 Å². The van der Waals surface area contributed by atoms with Gasteiger partial charge in [-0.2, -0.15) is 0 Å². The Morgan fingerprint density at radius 1 is 1.04 bits per heavy atom. The monoisotopic (exact) mass is 361 g/mol. The highest BCUT2D eigenvalue weighted by molar-refractivity contribution is 5.93. The molecule has 2 rings (SSSR count). The van der Waals surface area contributed by atoms with E-state index in [1.165, 1.54) is 6.08 Å². The Kier molecular flexibility index (Phi) is 7.20. The molecular weight excluding hydrogens is 338 g/mol. The van der Waals surface area contributed by atoms with E-state index in [0.717, 1.165) is 11.1 Å². The molecule has 1 aromatic rings. The van der Waals surface area contributed by atoms with Crippen molar-refractivity contribution < 1.29 is 14.3 Å². The van der Waals surface area contributed by atoms with Gasteiger partial charge in [0.15, 0.2) is 11.5 Å². The van der Waals surface area contributed by atoms with E-state index in [0.29, 0.717) is 23.7 Å². The second-order valence-corrected chi connectivity index (χ2v) is 5.58. The predicted octanol–water partition coefficient (Wildman–Crippen LogP) is 4.81. The number of ether oxygens (including phenoxy) is 2. The Bertz CT molecular complexity index is 843. The minimum atomic E-state index is -0.197. The van der Waals surface area contributed by atoms with Crippen LogP contribution < -0.4 is 9.47 Å². The average Bonchev–Trinajstić information content (AvgIpc) is 3.15. The van der Waals surface area contributed by atoms with Crippen LogP contribution in [-0.2, 0) is 4.79 Å². The smallest absolute Gasteiger partial charge is 0.251 e. The van der Waals surface area contributed by atoms with Gasteiger partial charge >= 0.3 is 0 Å². The summed E-state index contributed by atoms with van der Waals surface area (Å²) in [6, 6.07) is 5.51. The van der Waals surface area contributed by atoms with Crippen molar-refractivity contribution in [1.29, 1.82) is 0 Å². The molecule has 0 radical (unpaired) electrons. The van der Waals surface area contributed by atoms with Gasteiger partial charge in [0.1, 0.15) is 0 Å². The van der Waals surface area contributed by atoms with Crippen molar-refractivity contribution in [2.75, 3.05) is 13.3 Å². The third kappa shape index (κ3) is 5.22. The summed E-state index contributed by atoms with van der Waals surface area (Å²) in [5, 5.41) is 0. The van der Waals surface area contributed by atoms with Crippen LogP contribution in [0.3, 0.4) is 0 Å². The van der Waals surface area contributed by atoms with Crippen LogP contribution in [0.5, 0.6) is 11.5 Å². The summed E-state index contributed by atoms with van der Waals surface area (Å²) >= 11 is 0. The molecule has 27 heavy (non-hydrogen) atoms. The summed E-state index contributed by atoms with van der Waals surface area (Å²) in [6.45, 7) is 15.5. The first-order valence-electron chi connectivity index (χ1n) is 8.41. The third-order valence-electron chi connectivity index (χ3n) is 3.83. The van der Waals surface area contributed by atoms with Crippen LogP contribution in [0.2, 0.25) is 0 Å². The largest absolute Gasteiger partial charge is 0.454 e. The van der Waals surface area contributed by atoms with Crippen LogP contribution in [0.1, 0.15) is 5.56 Å². The molecule has 4 nitrogen and oxygen atoms in total. The summed E-state index contributed by atoms with van der Waals surface area (Å²) in [5.41, 5.74) is 2.33. The van der Waals surface area contributed by atoms with Crippen molar-refractivity contribution >= 4 is 12.0 Å². The Hall–Kier alpha value is -3.53. The number of amides is 1. The summed E-state index contributed by atoms with van der Waals surface area (Å²) < 4.78 is 10.7. The van der Waals surface area contributed by atoms with Gasteiger partial charge in [-0.15, -0.1) is 0 Å². The summed E-state index contributed by atoms with van der Waals surface area (Å²) in [4.78, 5) is 14.4. The SMILES string of the molecule is C=C/C=C(\C=C)CN(C(=O)/C=C/c1ccc2c(c1)OCO2)/C(C=C)=C/C=C. The van der Waals surface area contributed by atoms with E-state index in [4.69, 9.17) is 9.47 Å². The summed E-state index contributed by atoms with van der Waals surface area (Å²) in [5.74, 6) is 1.17. The van der Waals surface area contributed by atoms with Crippen molar-refractivity contribution in [2.45, 2.75) is 0 Å². The zero-order valence-electron chi connectivity index (χ0n) is 15.3. The molecule has 0 bridgehead atoms. The second-order valence-electron chi connectivity index (χ2n) is 5.58. The number of carbonyl (C=O) groups excluding carboxylic acids is 1. The van der Waals surface area contributed by atoms with Crippen LogP contribution >= 0.6 is 0 Å². The first-order valence-corrected chi connectivity index (χ1v) is 8.41. The van der Waals surface area contributed by atoms with Gasteiger partial charge in [-0.1, -0.05) is 56.7 Å². The lowest BCUT2D eigenvalue weighted by Crippen LogP contribution is -2.29. The highest BCUT2D eigenvalue weighted by atomic mass is 16.7. The number of benzene rings is 1. The molecule has 0 atom stereocenters. The Balaban J connectivity index is 2.26. The van der Waals surface area contributed by atoms with Crippen LogP contribution in [0, 0.1) is 0 Å². The highest BCUT2D eigenvalue weighted by Gasteiger charge is 2.15. The van der Waals surface area contributed by atoms with Gasteiger partial charge in [-0.05, 0) is 41.5 Å². The second kappa shape index (κ2) is 9.82. The molecule has 0 aliphatic carbocycles. The zero-order chi connectivity index (χ0) is 19.6. The van der Waals surface area contributed by atoms with Crippen molar-refractivity contribution in [2.24, 2.45) is 0 Å². The van der Waals surface area contributed by atoms with Crippen molar-refractivity contribution in [3.05, 3.63) is 104 Å². The Labute approximate surface area is 160 Å². The summed E-state index contributed by atoms with van der Waals surface area (Å²) in [6.07, 6.45) is 13.4. The number of allylic oxidation sites excluding steroid dienone is 5. The van der Waals surface area contributed by atoms with Gasteiger partial charge < -0.3 is 14.4 Å². The number of nitrogens with zero attached hydrogens (tertiary/aromatic N) is 1. The van der Waals surface area contributed by atoms with Crippen molar-refractivity contribution in [3.8, 4) is 11.5 Å². The quantitative estimate of drug-likeness (QED) is 0.468. The molecule has 1 amide bonds. The van der Waals surface area contributed by atoms with Gasteiger partial charge in [-0.25, -0.2) is 0 Å². The molecule has 138 valence electrons. The molecule has 1 aliphatic rings. The number of carbonyl (C=O) groups is 1. The third-order valence-corrected chi connectivity index (χ3v) is 3.83. The molecule has 1 aromatic carbocycles. The minimum Gasteiger partial charge on any atom is -0.454 e. The number of rotatable bonds is 9. The lowest BCUT2D eigenvalue weighted by atomic mass is 10.1. The fraction of sp³-hybridized carbons (Fsp3) is 0.0870. The van der Waals surface area contributed by atoms with Crippen LogP contribution in [0.15, 0.2) is 98.3 Å². The molecule has 0 saturated carbocycles. The number of fused-ring (bicyclic) bond motifs is 1. The van der Waals surface area contributed by atoms with Crippen LogP contribution in [-0.4, -0.2) is 24.1 Å². The molecule has 4 heteroatoms. The topological polar surface area (TPSA) is 38.8 Å². The highest BCUT2D eigenvalue weighted by Crippen LogP contribution is 2.32. The fourth-order valence-electron chi connectivity index (χ4n) is 2.48. The lowest BCUT2D eigenvalue weighted by molar-refractivity contribution is -0.123. The van der Waals surface area contributed by atoms with Gasteiger partial charge in [0.05, 0.1) is 6.54 Å². The number of hydrogen-bond donors (Lipinski definition) is 0. The fourth-order valence-corrected chi connectivity index (χ4v) is 2.48. The lowest BCUT2D eigenvalue weighted by Gasteiger charge is -2.23. The molecule has 0 N–H and O–H groups in total. The predicted molar refractivity (Wildman–Crippen MR) is 110 cm³/mol. The summed E-state index contributed by atoms with van der Waals surface area (Å²) in [7, 11) is 0. The maximum Gasteiger partial charge on any atom is 0.251 e. The molecular formula is C23H23NO3. The maximum atomic E-state index is 12.9. The Morgan fingerprint density at radius 3 is 2.44 bits per heavy atom. The van der Waals surface area contributed by atoms with E-state index in [2.05, 4.69) is 26.3 Å². The molecule has 0 fully saturated rings. The van der Waals surface area contributed by atoms with E-state index in [1.54, 1.807) is 41.4 Å². The van der Waals surface area contributed by atoms with Crippen LogP contribution in [0.25, 0.3) is 6.08 Å². The molecule has 0 saturated heterocycles. The first-order chi connectivity index (χ1) is 13.1. The normalized spacial score (nSPS) is 13.3. The Morgan fingerprint density at radius 2 is 1.78 bits per heavy atom. The standard InChI is InChI=1S/C23H23NO3/c1-5-9-18(7-3)16-24(20(8-4)10-6-2)23(25)14-12-19-11-13-21-22(15-19)27-17-26-21/h5-15H,1-4,16-17H2/b14-12+,18-9+,20-10+. The molecule has 1 heterocycles. The zero-order valence-corrected chi connectivity index (χ0v) is 15.3. The van der Waals surface area contributed by atoms with Gasteiger partial charge in [0.25, 0.3) is 5.91 Å². The van der Waals surface area contributed by atoms with E-state index in [1.807, 2.05) is 24.3 Å². The molecule has 0 spiro atoms. The van der Waals surface area contributed by atoms with E-state index >= 15 is 0 Å². The van der Waals surface area contributed by atoms with Gasteiger partial charge in [0, 0.05) is 11.8 Å². The van der Waals surface area contributed by atoms with Gasteiger partial charge in [-0.3, -0.25) is 4.79 Å².